The van der Waals surface area contributed by atoms with Gasteiger partial charge in [-0.1, -0.05) is 11.6 Å². The lowest BCUT2D eigenvalue weighted by molar-refractivity contribution is -0.115. The van der Waals surface area contributed by atoms with Crippen LogP contribution in [0, 0.1) is 6.92 Å². The van der Waals surface area contributed by atoms with Crippen LogP contribution in [0.4, 0.5) is 11.4 Å². The van der Waals surface area contributed by atoms with Gasteiger partial charge in [-0.25, -0.2) is 0 Å². The number of nitrogens with one attached hydrogen (secondary N) is 1. The van der Waals surface area contributed by atoms with E-state index in [-0.39, 0.29) is 11.7 Å². The number of halogens is 1. The van der Waals surface area contributed by atoms with E-state index in [1.165, 1.54) is 0 Å². The summed E-state index contributed by atoms with van der Waals surface area (Å²) < 4.78 is 0. The maximum absolute atomic E-state index is 12.0. The maximum atomic E-state index is 12.0. The Morgan fingerprint density at radius 2 is 2.10 bits per heavy atom. The zero-order valence-corrected chi connectivity index (χ0v) is 12.1. The first-order valence-electron chi connectivity index (χ1n) is 6.49. The van der Waals surface area contributed by atoms with Crippen LogP contribution >= 0.6 is 11.6 Å². The average molecular weight is 301 g/mol. The standard InChI is InChI=1S/C16H13ClN2O2/c1-9-6-11(3-5-15(9)20)18-8-13-12-7-10(17)2-4-14(12)19-16(13)21/h2-8,13,20H,1H3,(H,19,21). The molecule has 0 saturated carbocycles. The lowest BCUT2D eigenvalue weighted by atomic mass is 10.0. The molecule has 21 heavy (non-hydrogen) atoms. The molecule has 1 heterocycles. The van der Waals surface area contributed by atoms with E-state index >= 15 is 0 Å². The monoisotopic (exact) mass is 300 g/mol. The van der Waals surface area contributed by atoms with Gasteiger partial charge in [0.15, 0.2) is 0 Å². The molecule has 0 bridgehead atoms. The number of hydrogen-bond donors (Lipinski definition) is 2. The van der Waals surface area contributed by atoms with E-state index in [2.05, 4.69) is 10.3 Å². The second kappa shape index (κ2) is 5.22. The van der Waals surface area contributed by atoms with Gasteiger partial charge in [-0.05, 0) is 54.4 Å². The van der Waals surface area contributed by atoms with Crippen LogP contribution in [0.3, 0.4) is 0 Å². The predicted molar refractivity (Wildman–Crippen MR) is 83.8 cm³/mol. The van der Waals surface area contributed by atoms with E-state index < -0.39 is 5.92 Å². The number of phenols is 1. The SMILES string of the molecule is Cc1cc(N=CC2C(=O)Nc3ccc(Cl)cc32)ccc1O. The van der Waals surface area contributed by atoms with Crippen molar-refractivity contribution in [1.82, 2.24) is 0 Å². The van der Waals surface area contributed by atoms with Crippen molar-refractivity contribution < 1.29 is 9.90 Å². The van der Waals surface area contributed by atoms with Crippen LogP contribution in [0.1, 0.15) is 17.0 Å². The average Bonchev–Trinajstić information content (AvgIpc) is 2.75. The third-order valence-electron chi connectivity index (χ3n) is 3.44. The number of anilines is 1. The van der Waals surface area contributed by atoms with E-state index in [0.717, 1.165) is 16.8 Å². The molecule has 1 atom stereocenters. The first kappa shape index (κ1) is 13.6. The summed E-state index contributed by atoms with van der Waals surface area (Å²) >= 11 is 5.98. The molecule has 2 N–H and O–H groups in total. The van der Waals surface area contributed by atoms with Crippen LogP contribution in [0.2, 0.25) is 5.02 Å². The molecular formula is C16H13ClN2O2. The summed E-state index contributed by atoms with van der Waals surface area (Å²) in [5, 5.41) is 12.9. The highest BCUT2D eigenvalue weighted by atomic mass is 35.5. The number of nitrogens with zero attached hydrogens (tertiary/aromatic N) is 1. The van der Waals surface area contributed by atoms with Crippen LogP contribution in [-0.4, -0.2) is 17.2 Å². The van der Waals surface area contributed by atoms with E-state index in [9.17, 15) is 9.90 Å². The predicted octanol–water partition coefficient (Wildman–Crippen LogP) is 3.79. The highest BCUT2D eigenvalue weighted by Crippen LogP contribution is 2.34. The fourth-order valence-electron chi connectivity index (χ4n) is 2.28. The number of hydrogen-bond acceptors (Lipinski definition) is 3. The zero-order valence-electron chi connectivity index (χ0n) is 11.3. The number of fused-ring (bicyclic) bond motifs is 1. The van der Waals surface area contributed by atoms with E-state index in [4.69, 9.17) is 11.6 Å². The molecule has 0 saturated heterocycles. The van der Waals surface area contributed by atoms with Crippen molar-refractivity contribution in [3.8, 4) is 5.75 Å². The number of carbonyl (C=O) groups excluding carboxylic acids is 1. The number of aryl methyl sites for hydroxylation is 1. The first-order chi connectivity index (χ1) is 10.0. The van der Waals surface area contributed by atoms with Crippen LogP contribution in [0.5, 0.6) is 5.75 Å². The number of carbonyl (C=O) groups is 1. The second-order valence-electron chi connectivity index (χ2n) is 4.95. The molecule has 1 unspecified atom stereocenters. The first-order valence-corrected chi connectivity index (χ1v) is 6.86. The van der Waals surface area contributed by atoms with Gasteiger partial charge in [-0.15, -0.1) is 0 Å². The van der Waals surface area contributed by atoms with Crippen LogP contribution in [-0.2, 0) is 4.79 Å². The van der Waals surface area contributed by atoms with Gasteiger partial charge >= 0.3 is 0 Å². The fraction of sp³-hybridized carbons (Fsp3) is 0.125. The summed E-state index contributed by atoms with van der Waals surface area (Å²) in [6.45, 7) is 1.80. The van der Waals surface area contributed by atoms with Gasteiger partial charge in [0.2, 0.25) is 5.91 Å². The Morgan fingerprint density at radius 1 is 1.29 bits per heavy atom. The minimum atomic E-state index is -0.451. The van der Waals surface area contributed by atoms with Crippen molar-refractivity contribution >= 4 is 35.1 Å². The van der Waals surface area contributed by atoms with Crippen LogP contribution in [0.15, 0.2) is 41.4 Å². The Hall–Kier alpha value is -2.33. The lowest BCUT2D eigenvalue weighted by Gasteiger charge is -2.03. The molecule has 1 amide bonds. The smallest absolute Gasteiger partial charge is 0.237 e. The summed E-state index contributed by atoms with van der Waals surface area (Å²) in [7, 11) is 0. The van der Waals surface area contributed by atoms with E-state index in [1.54, 1.807) is 49.5 Å². The van der Waals surface area contributed by atoms with Gasteiger partial charge in [0.05, 0.1) is 5.69 Å². The molecule has 2 aromatic rings. The zero-order chi connectivity index (χ0) is 15.0. The normalized spacial score (nSPS) is 17.0. The molecule has 3 rings (SSSR count). The lowest BCUT2D eigenvalue weighted by Crippen LogP contribution is -2.12. The Labute approximate surface area is 127 Å². The molecule has 1 aliphatic heterocycles. The topological polar surface area (TPSA) is 61.7 Å². The fourth-order valence-corrected chi connectivity index (χ4v) is 2.47. The molecule has 0 aliphatic carbocycles. The number of rotatable bonds is 2. The Bertz CT molecular complexity index is 756. The summed E-state index contributed by atoms with van der Waals surface area (Å²) in [4.78, 5) is 16.3. The molecule has 4 nitrogen and oxygen atoms in total. The van der Waals surface area contributed by atoms with Gasteiger partial charge in [0, 0.05) is 16.9 Å². The molecule has 0 fully saturated rings. The minimum Gasteiger partial charge on any atom is -0.508 e. The van der Waals surface area contributed by atoms with Crippen LogP contribution < -0.4 is 5.32 Å². The molecule has 2 aromatic carbocycles. The Balaban J connectivity index is 1.91. The number of amides is 1. The van der Waals surface area contributed by atoms with Gasteiger partial charge in [-0.2, -0.15) is 0 Å². The Kier molecular flexibility index (Phi) is 3.39. The van der Waals surface area contributed by atoms with Crippen molar-refractivity contribution in [2.24, 2.45) is 4.99 Å². The van der Waals surface area contributed by atoms with Crippen molar-refractivity contribution in [3.63, 3.8) is 0 Å². The molecule has 0 spiro atoms. The van der Waals surface area contributed by atoms with Crippen molar-refractivity contribution in [2.75, 3.05) is 5.32 Å². The van der Waals surface area contributed by atoms with Crippen molar-refractivity contribution in [3.05, 3.63) is 52.5 Å². The third-order valence-corrected chi connectivity index (χ3v) is 3.68. The number of phenolic OH excluding ortho intramolecular Hbond substituents is 1. The largest absolute Gasteiger partial charge is 0.508 e. The number of aromatic hydroxyl groups is 1. The number of benzene rings is 2. The Morgan fingerprint density at radius 3 is 2.86 bits per heavy atom. The summed E-state index contributed by atoms with van der Waals surface area (Å²) in [5.41, 5.74) is 3.02. The van der Waals surface area contributed by atoms with Crippen LogP contribution in [0.25, 0.3) is 0 Å². The molecule has 106 valence electrons. The van der Waals surface area contributed by atoms with Gasteiger partial charge in [-0.3, -0.25) is 9.79 Å². The molecule has 0 radical (unpaired) electrons. The molecule has 5 heteroatoms. The molecular weight excluding hydrogens is 288 g/mol. The highest BCUT2D eigenvalue weighted by molar-refractivity contribution is 6.31. The van der Waals surface area contributed by atoms with Crippen molar-refractivity contribution in [2.45, 2.75) is 12.8 Å². The maximum Gasteiger partial charge on any atom is 0.237 e. The van der Waals surface area contributed by atoms with Gasteiger partial charge < -0.3 is 10.4 Å². The minimum absolute atomic E-state index is 0.119. The third kappa shape index (κ3) is 2.62. The summed E-state index contributed by atoms with van der Waals surface area (Å²) in [5.74, 6) is -0.344. The van der Waals surface area contributed by atoms with E-state index in [1.807, 2.05) is 0 Å². The summed E-state index contributed by atoms with van der Waals surface area (Å²) in [6.07, 6.45) is 1.60. The molecule has 1 aliphatic rings. The molecule has 0 aromatic heterocycles. The second-order valence-corrected chi connectivity index (χ2v) is 5.38. The van der Waals surface area contributed by atoms with Gasteiger partial charge in [0.1, 0.15) is 11.7 Å². The van der Waals surface area contributed by atoms with E-state index in [0.29, 0.717) is 10.7 Å². The number of aliphatic imine (C=N–C) groups is 1. The summed E-state index contributed by atoms with van der Waals surface area (Å²) in [6, 6.07) is 10.3. The highest BCUT2D eigenvalue weighted by Gasteiger charge is 2.29. The van der Waals surface area contributed by atoms with Gasteiger partial charge in [0.25, 0.3) is 0 Å². The quantitative estimate of drug-likeness (QED) is 0.829. The van der Waals surface area contributed by atoms with Crippen molar-refractivity contribution in [1.29, 1.82) is 0 Å².